The van der Waals surface area contributed by atoms with E-state index in [1.807, 2.05) is 0 Å². The van der Waals surface area contributed by atoms with Crippen molar-refractivity contribution in [2.24, 2.45) is 5.92 Å². The van der Waals surface area contributed by atoms with E-state index in [4.69, 9.17) is 0 Å². The molecular weight excluding hydrogens is 208 g/mol. The Morgan fingerprint density at radius 3 is 2.88 bits per heavy atom. The van der Waals surface area contributed by atoms with E-state index in [2.05, 4.69) is 60.9 Å². The van der Waals surface area contributed by atoms with Crippen LogP contribution >= 0.6 is 0 Å². The lowest BCUT2D eigenvalue weighted by Crippen LogP contribution is -2.15. The van der Waals surface area contributed by atoms with Gasteiger partial charge < -0.3 is 9.47 Å². The van der Waals surface area contributed by atoms with Crippen LogP contribution in [0.15, 0.2) is 30.5 Å². The first kappa shape index (κ1) is 10.8. The van der Waals surface area contributed by atoms with Crippen LogP contribution in [0.5, 0.6) is 0 Å². The first-order valence-electron chi connectivity index (χ1n) is 6.37. The van der Waals surface area contributed by atoms with Gasteiger partial charge in [-0.25, -0.2) is 0 Å². The van der Waals surface area contributed by atoms with E-state index in [1.165, 1.54) is 29.4 Å². The van der Waals surface area contributed by atoms with Crippen molar-refractivity contribution in [3.05, 3.63) is 36.0 Å². The predicted molar refractivity (Wildman–Crippen MR) is 72.4 cm³/mol. The van der Waals surface area contributed by atoms with E-state index in [1.54, 1.807) is 0 Å². The molecule has 1 aromatic carbocycles. The van der Waals surface area contributed by atoms with Crippen LogP contribution in [0.3, 0.4) is 0 Å². The van der Waals surface area contributed by atoms with Gasteiger partial charge >= 0.3 is 0 Å². The van der Waals surface area contributed by atoms with E-state index >= 15 is 0 Å². The second-order valence-electron chi connectivity index (χ2n) is 5.56. The van der Waals surface area contributed by atoms with Gasteiger partial charge in [0.2, 0.25) is 0 Å². The zero-order valence-electron chi connectivity index (χ0n) is 10.9. The van der Waals surface area contributed by atoms with Crippen LogP contribution in [0, 0.1) is 12.8 Å². The lowest BCUT2D eigenvalue weighted by molar-refractivity contribution is 0.378. The number of aromatic nitrogens is 1. The molecule has 0 amide bonds. The molecule has 0 bridgehead atoms. The number of hydrogen-bond acceptors (Lipinski definition) is 1. The molecule has 2 unspecified atom stereocenters. The summed E-state index contributed by atoms with van der Waals surface area (Å²) in [6.07, 6.45) is 3.59. The molecule has 90 valence electrons. The Morgan fingerprint density at radius 1 is 1.29 bits per heavy atom. The molecule has 1 aromatic heterocycles. The topological polar surface area (TPSA) is 8.17 Å². The van der Waals surface area contributed by atoms with Gasteiger partial charge in [-0.1, -0.05) is 12.1 Å². The molecule has 0 N–H and O–H groups in total. The monoisotopic (exact) mass is 228 g/mol. The van der Waals surface area contributed by atoms with Gasteiger partial charge in [0.1, 0.15) is 0 Å². The summed E-state index contributed by atoms with van der Waals surface area (Å²) in [5.41, 5.74) is 2.78. The van der Waals surface area contributed by atoms with E-state index < -0.39 is 0 Å². The lowest BCUT2D eigenvalue weighted by Gasteiger charge is -2.10. The minimum absolute atomic E-state index is 0.719. The summed E-state index contributed by atoms with van der Waals surface area (Å²) in [6.45, 7) is 3.40. The molecule has 2 heteroatoms. The molecule has 0 radical (unpaired) electrons. The van der Waals surface area contributed by atoms with Gasteiger partial charge in [-0.2, -0.15) is 0 Å². The van der Waals surface area contributed by atoms with Crippen LogP contribution in [0.2, 0.25) is 0 Å². The number of hydrogen-bond donors (Lipinski definition) is 0. The quantitative estimate of drug-likeness (QED) is 0.784. The average molecular weight is 228 g/mol. The third kappa shape index (κ3) is 1.87. The summed E-state index contributed by atoms with van der Waals surface area (Å²) < 4.78 is 2.47. The second-order valence-corrected chi connectivity index (χ2v) is 5.56. The van der Waals surface area contributed by atoms with E-state index in [9.17, 15) is 0 Å². The second kappa shape index (κ2) is 3.88. The molecule has 1 aliphatic carbocycles. The van der Waals surface area contributed by atoms with Gasteiger partial charge in [0.05, 0.1) is 0 Å². The van der Waals surface area contributed by atoms with Crippen molar-refractivity contribution in [2.45, 2.75) is 19.4 Å². The first-order valence-corrected chi connectivity index (χ1v) is 6.37. The summed E-state index contributed by atoms with van der Waals surface area (Å²) in [5, 5.41) is 1.41. The van der Waals surface area contributed by atoms with E-state index in [0.717, 1.165) is 12.0 Å². The first-order chi connectivity index (χ1) is 8.16. The Labute approximate surface area is 103 Å². The van der Waals surface area contributed by atoms with Gasteiger partial charge in [-0.15, -0.1) is 0 Å². The summed E-state index contributed by atoms with van der Waals surface area (Å²) in [4.78, 5) is 2.29. The fourth-order valence-corrected chi connectivity index (χ4v) is 2.87. The third-order valence-corrected chi connectivity index (χ3v) is 3.82. The van der Waals surface area contributed by atoms with Crippen molar-refractivity contribution in [1.82, 2.24) is 9.47 Å². The van der Waals surface area contributed by atoms with Crippen molar-refractivity contribution in [3.8, 4) is 0 Å². The molecule has 1 fully saturated rings. The fraction of sp³-hybridized carbons (Fsp3) is 0.467. The number of nitrogens with zero attached hydrogens (tertiary/aromatic N) is 2. The highest BCUT2D eigenvalue weighted by Crippen LogP contribution is 2.45. The zero-order chi connectivity index (χ0) is 12.0. The Morgan fingerprint density at radius 2 is 2.12 bits per heavy atom. The molecule has 1 heterocycles. The maximum Gasteiger partial charge on any atom is 0.0485 e. The molecule has 2 aromatic rings. The van der Waals surface area contributed by atoms with Crippen LogP contribution < -0.4 is 0 Å². The van der Waals surface area contributed by atoms with Crippen LogP contribution in [-0.2, 0) is 0 Å². The summed E-state index contributed by atoms with van der Waals surface area (Å²) in [5.74, 6) is 0.834. The van der Waals surface area contributed by atoms with Gasteiger partial charge in [0, 0.05) is 29.7 Å². The smallest absolute Gasteiger partial charge is 0.0485 e. The third-order valence-electron chi connectivity index (χ3n) is 3.82. The van der Waals surface area contributed by atoms with Gasteiger partial charge in [-0.05, 0) is 51.1 Å². The fourth-order valence-electron chi connectivity index (χ4n) is 2.87. The standard InChI is InChI=1S/C15H20N2/c1-11-5-4-6-14-13(11)7-8-17(14)15-9-12(15)10-16(2)3/h4-8,12,15H,9-10H2,1-3H3. The Hall–Kier alpha value is -1.28. The van der Waals surface area contributed by atoms with Crippen molar-refractivity contribution in [1.29, 1.82) is 0 Å². The molecule has 0 spiro atoms. The molecule has 17 heavy (non-hydrogen) atoms. The van der Waals surface area contributed by atoms with Crippen molar-refractivity contribution < 1.29 is 0 Å². The van der Waals surface area contributed by atoms with Gasteiger partial charge in [0.25, 0.3) is 0 Å². The molecule has 0 aliphatic heterocycles. The molecule has 1 saturated carbocycles. The normalized spacial score (nSPS) is 23.5. The molecular formula is C15H20N2. The molecule has 3 rings (SSSR count). The summed E-state index contributed by atoms with van der Waals surface area (Å²) >= 11 is 0. The highest BCUT2D eigenvalue weighted by molar-refractivity contribution is 5.83. The van der Waals surface area contributed by atoms with Crippen molar-refractivity contribution in [3.63, 3.8) is 0 Å². The van der Waals surface area contributed by atoms with E-state index in [-0.39, 0.29) is 0 Å². The van der Waals surface area contributed by atoms with Crippen molar-refractivity contribution in [2.75, 3.05) is 20.6 Å². The maximum atomic E-state index is 2.47. The Kier molecular flexibility index (Phi) is 2.48. The van der Waals surface area contributed by atoms with Crippen LogP contribution in [0.4, 0.5) is 0 Å². The summed E-state index contributed by atoms with van der Waals surface area (Å²) in [7, 11) is 4.32. The number of benzene rings is 1. The van der Waals surface area contributed by atoms with Crippen LogP contribution in [0.1, 0.15) is 18.0 Å². The minimum Gasteiger partial charge on any atom is -0.344 e. The SMILES string of the molecule is Cc1cccc2c1ccn2C1CC1CN(C)C. The molecule has 2 nitrogen and oxygen atoms in total. The van der Waals surface area contributed by atoms with E-state index in [0.29, 0.717) is 0 Å². The van der Waals surface area contributed by atoms with Gasteiger partial charge in [0.15, 0.2) is 0 Å². The molecule has 2 atom stereocenters. The predicted octanol–water partition coefficient (Wildman–Crippen LogP) is 3.07. The highest BCUT2D eigenvalue weighted by Gasteiger charge is 2.38. The van der Waals surface area contributed by atoms with Crippen molar-refractivity contribution >= 4 is 10.9 Å². The van der Waals surface area contributed by atoms with Crippen LogP contribution in [-0.4, -0.2) is 30.1 Å². The number of rotatable bonds is 3. The summed E-state index contributed by atoms with van der Waals surface area (Å²) in [6, 6.07) is 9.58. The molecule has 1 aliphatic rings. The lowest BCUT2D eigenvalue weighted by atomic mass is 10.1. The number of aryl methyl sites for hydroxylation is 1. The Balaban J connectivity index is 1.90. The minimum atomic E-state index is 0.719. The Bertz CT molecular complexity index is 539. The average Bonchev–Trinajstić information content (AvgIpc) is 2.88. The molecule has 0 saturated heterocycles. The van der Waals surface area contributed by atoms with Crippen LogP contribution in [0.25, 0.3) is 10.9 Å². The highest BCUT2D eigenvalue weighted by atomic mass is 15.1. The largest absolute Gasteiger partial charge is 0.344 e. The maximum absolute atomic E-state index is 2.47. The zero-order valence-corrected chi connectivity index (χ0v) is 10.9. The number of fused-ring (bicyclic) bond motifs is 1. The van der Waals surface area contributed by atoms with Gasteiger partial charge in [-0.3, -0.25) is 0 Å².